The van der Waals surface area contributed by atoms with Crippen LogP contribution in [0, 0.1) is 12.8 Å². The van der Waals surface area contributed by atoms with E-state index in [0.29, 0.717) is 5.92 Å². The Balaban J connectivity index is 2.81. The molecule has 1 rings (SSSR count). The van der Waals surface area contributed by atoms with E-state index in [1.165, 1.54) is 5.56 Å². The van der Waals surface area contributed by atoms with Crippen molar-refractivity contribution in [1.82, 2.24) is 10.3 Å². The van der Waals surface area contributed by atoms with Crippen molar-refractivity contribution in [3.63, 3.8) is 0 Å². The average Bonchev–Trinajstić information content (AvgIpc) is 2.33. The van der Waals surface area contributed by atoms with E-state index in [1.807, 2.05) is 0 Å². The zero-order valence-electron chi connectivity index (χ0n) is 14.2. The highest BCUT2D eigenvalue weighted by atomic mass is 15.2. The van der Waals surface area contributed by atoms with E-state index in [2.05, 4.69) is 70.8 Å². The van der Waals surface area contributed by atoms with Crippen molar-refractivity contribution in [2.24, 2.45) is 5.92 Å². The number of anilines is 1. The Bertz CT molecular complexity index is 419. The van der Waals surface area contributed by atoms with Gasteiger partial charge in [-0.25, -0.2) is 4.98 Å². The number of rotatable bonds is 6. The molecule has 0 fully saturated rings. The number of hydrogen-bond donors (Lipinski definition) is 1. The van der Waals surface area contributed by atoms with Crippen LogP contribution in [0.15, 0.2) is 12.1 Å². The molecule has 1 aromatic heterocycles. The molecule has 20 heavy (non-hydrogen) atoms. The molecule has 0 bridgehead atoms. The van der Waals surface area contributed by atoms with E-state index >= 15 is 0 Å². The minimum absolute atomic E-state index is 0.137. The Kier molecular flexibility index (Phi) is 6.00. The van der Waals surface area contributed by atoms with Crippen molar-refractivity contribution >= 4 is 5.82 Å². The van der Waals surface area contributed by atoms with Crippen LogP contribution in [0.4, 0.5) is 5.82 Å². The van der Waals surface area contributed by atoms with E-state index in [-0.39, 0.29) is 5.54 Å². The van der Waals surface area contributed by atoms with E-state index < -0.39 is 0 Å². The molecule has 0 saturated carbocycles. The second-order valence-electron chi connectivity index (χ2n) is 6.95. The van der Waals surface area contributed by atoms with Gasteiger partial charge in [0.1, 0.15) is 5.82 Å². The van der Waals surface area contributed by atoms with Crippen LogP contribution in [0.1, 0.15) is 52.8 Å². The highest BCUT2D eigenvalue weighted by Gasteiger charge is 2.12. The monoisotopic (exact) mass is 277 g/mol. The summed E-state index contributed by atoms with van der Waals surface area (Å²) in [6.45, 7) is 18.3. The van der Waals surface area contributed by atoms with E-state index in [1.54, 1.807) is 0 Å². The van der Waals surface area contributed by atoms with Crippen molar-refractivity contribution in [1.29, 1.82) is 0 Å². The third-order valence-electron chi connectivity index (χ3n) is 3.28. The second-order valence-corrected chi connectivity index (χ2v) is 6.95. The first-order valence-electron chi connectivity index (χ1n) is 7.69. The normalized spacial score (nSPS) is 12.0. The first-order valence-corrected chi connectivity index (χ1v) is 7.69. The van der Waals surface area contributed by atoms with Gasteiger partial charge >= 0.3 is 0 Å². The van der Waals surface area contributed by atoms with Crippen molar-refractivity contribution < 1.29 is 0 Å². The number of nitrogens with zero attached hydrogens (tertiary/aromatic N) is 2. The number of nitrogens with one attached hydrogen (secondary N) is 1. The van der Waals surface area contributed by atoms with Crippen molar-refractivity contribution in [2.75, 3.05) is 18.0 Å². The number of hydrogen-bond acceptors (Lipinski definition) is 3. The van der Waals surface area contributed by atoms with Gasteiger partial charge in [0.2, 0.25) is 0 Å². The molecule has 3 heteroatoms. The lowest BCUT2D eigenvalue weighted by Crippen LogP contribution is -2.35. The highest BCUT2D eigenvalue weighted by Crippen LogP contribution is 2.17. The quantitative estimate of drug-likeness (QED) is 0.858. The van der Waals surface area contributed by atoms with E-state index in [4.69, 9.17) is 4.98 Å². The van der Waals surface area contributed by atoms with Crippen molar-refractivity contribution in [3.05, 3.63) is 23.4 Å². The molecule has 3 nitrogen and oxygen atoms in total. The minimum Gasteiger partial charge on any atom is -0.357 e. The van der Waals surface area contributed by atoms with E-state index in [0.717, 1.165) is 31.1 Å². The predicted molar refractivity (Wildman–Crippen MR) is 88.3 cm³/mol. The molecule has 0 aliphatic rings. The lowest BCUT2D eigenvalue weighted by atomic mass is 10.1. The fourth-order valence-corrected chi connectivity index (χ4v) is 2.13. The maximum Gasteiger partial charge on any atom is 0.128 e. The SMILES string of the molecule is CCN(CC(C)C)c1ccc(CNC(C)(C)C)c(C)n1. The minimum atomic E-state index is 0.137. The Hall–Kier alpha value is -1.09. The molecule has 1 heterocycles. The maximum atomic E-state index is 4.78. The fraction of sp³-hybridized carbons (Fsp3) is 0.706. The zero-order chi connectivity index (χ0) is 15.3. The van der Waals surface area contributed by atoms with Gasteiger partial charge in [0, 0.05) is 30.9 Å². The zero-order valence-corrected chi connectivity index (χ0v) is 14.2. The third kappa shape index (κ3) is 5.49. The molecule has 0 aromatic carbocycles. The lowest BCUT2D eigenvalue weighted by molar-refractivity contribution is 0.423. The molecular weight excluding hydrogens is 246 g/mol. The summed E-state index contributed by atoms with van der Waals surface area (Å²) in [6, 6.07) is 4.36. The first kappa shape index (κ1) is 17.0. The lowest BCUT2D eigenvalue weighted by Gasteiger charge is -2.25. The van der Waals surface area contributed by atoms with Crippen LogP contribution in [0.3, 0.4) is 0 Å². The summed E-state index contributed by atoms with van der Waals surface area (Å²) in [6.07, 6.45) is 0. The Morgan fingerprint density at radius 3 is 2.35 bits per heavy atom. The molecule has 0 unspecified atom stereocenters. The topological polar surface area (TPSA) is 28.2 Å². The molecule has 0 radical (unpaired) electrons. The van der Waals surface area contributed by atoms with Crippen molar-refractivity contribution in [3.8, 4) is 0 Å². The summed E-state index contributed by atoms with van der Waals surface area (Å²) in [7, 11) is 0. The van der Waals surface area contributed by atoms with Gasteiger partial charge in [-0.3, -0.25) is 0 Å². The van der Waals surface area contributed by atoms with Crippen LogP contribution in [0.25, 0.3) is 0 Å². The molecule has 0 aliphatic carbocycles. The second kappa shape index (κ2) is 7.07. The first-order chi connectivity index (χ1) is 9.23. The summed E-state index contributed by atoms with van der Waals surface area (Å²) < 4.78 is 0. The molecular formula is C17H31N3. The van der Waals surface area contributed by atoms with Crippen LogP contribution in [-0.2, 0) is 6.54 Å². The van der Waals surface area contributed by atoms with Crippen LogP contribution < -0.4 is 10.2 Å². The summed E-state index contributed by atoms with van der Waals surface area (Å²) in [5.41, 5.74) is 2.55. The standard InChI is InChI=1S/C17H31N3/c1-8-20(12-13(2)3)16-10-9-15(14(4)19-16)11-18-17(5,6)7/h9-10,13,18H,8,11-12H2,1-7H3. The predicted octanol–water partition coefficient (Wildman–Crippen LogP) is 3.76. The molecule has 0 aliphatic heterocycles. The number of pyridine rings is 1. The Morgan fingerprint density at radius 1 is 1.25 bits per heavy atom. The fourth-order valence-electron chi connectivity index (χ4n) is 2.13. The van der Waals surface area contributed by atoms with Gasteiger partial charge < -0.3 is 10.2 Å². The number of aromatic nitrogens is 1. The van der Waals surface area contributed by atoms with Gasteiger partial charge in [-0.1, -0.05) is 19.9 Å². The van der Waals surface area contributed by atoms with Gasteiger partial charge in [0.05, 0.1) is 0 Å². The van der Waals surface area contributed by atoms with Gasteiger partial charge in [-0.2, -0.15) is 0 Å². The molecule has 114 valence electrons. The van der Waals surface area contributed by atoms with Crippen LogP contribution in [0.2, 0.25) is 0 Å². The van der Waals surface area contributed by atoms with Crippen LogP contribution in [0.5, 0.6) is 0 Å². The Morgan fingerprint density at radius 2 is 1.90 bits per heavy atom. The van der Waals surface area contributed by atoms with Crippen LogP contribution in [-0.4, -0.2) is 23.6 Å². The average molecular weight is 277 g/mol. The van der Waals surface area contributed by atoms with Gasteiger partial charge in [0.25, 0.3) is 0 Å². The largest absolute Gasteiger partial charge is 0.357 e. The van der Waals surface area contributed by atoms with Gasteiger partial charge in [0.15, 0.2) is 0 Å². The molecule has 0 spiro atoms. The van der Waals surface area contributed by atoms with E-state index in [9.17, 15) is 0 Å². The maximum absolute atomic E-state index is 4.78. The summed E-state index contributed by atoms with van der Waals surface area (Å²) in [5.74, 6) is 1.75. The van der Waals surface area contributed by atoms with Gasteiger partial charge in [-0.15, -0.1) is 0 Å². The third-order valence-corrected chi connectivity index (χ3v) is 3.28. The van der Waals surface area contributed by atoms with Gasteiger partial charge in [-0.05, 0) is 52.2 Å². The Labute approximate surface area is 124 Å². The molecule has 1 N–H and O–H groups in total. The number of aryl methyl sites for hydroxylation is 1. The highest BCUT2D eigenvalue weighted by molar-refractivity contribution is 5.41. The smallest absolute Gasteiger partial charge is 0.128 e. The van der Waals surface area contributed by atoms with Crippen LogP contribution >= 0.6 is 0 Å². The summed E-state index contributed by atoms with van der Waals surface area (Å²) >= 11 is 0. The molecule has 1 aromatic rings. The van der Waals surface area contributed by atoms with Crippen molar-refractivity contribution in [2.45, 2.75) is 60.5 Å². The molecule has 0 atom stereocenters. The summed E-state index contributed by atoms with van der Waals surface area (Å²) in [4.78, 5) is 7.13. The molecule has 0 amide bonds. The summed E-state index contributed by atoms with van der Waals surface area (Å²) in [5, 5.41) is 3.52. The molecule has 0 saturated heterocycles.